The lowest BCUT2D eigenvalue weighted by molar-refractivity contribution is -0.158. The van der Waals surface area contributed by atoms with Crippen molar-refractivity contribution in [3.63, 3.8) is 0 Å². The maximum Gasteiger partial charge on any atom is 0.437 e. The van der Waals surface area contributed by atoms with E-state index in [4.69, 9.17) is 18.9 Å². The minimum atomic E-state index is -0.930. The first-order chi connectivity index (χ1) is 25.1. The van der Waals surface area contributed by atoms with Gasteiger partial charge >= 0.3 is 24.1 Å². The van der Waals surface area contributed by atoms with Gasteiger partial charge in [-0.2, -0.15) is 0 Å². The number of ether oxygens (including phenoxy) is 4. The number of aryl methyl sites for hydroxylation is 1. The summed E-state index contributed by atoms with van der Waals surface area (Å²) >= 11 is 0. The van der Waals surface area contributed by atoms with Gasteiger partial charge in [-0.25, -0.2) is 19.2 Å². The molecule has 13 heteroatoms. The molecular formula is C41H52N4O9. The molecule has 54 heavy (non-hydrogen) atoms. The topological polar surface area (TPSA) is 171 Å². The van der Waals surface area contributed by atoms with Crippen molar-refractivity contribution in [3.05, 3.63) is 95.6 Å². The maximum absolute atomic E-state index is 12.9. The lowest BCUT2D eigenvalue weighted by atomic mass is 10.0. The summed E-state index contributed by atoms with van der Waals surface area (Å²) in [5.74, 6) is -1.24. The molecule has 0 unspecified atom stereocenters. The zero-order chi connectivity index (χ0) is 40.1. The first-order valence-electron chi connectivity index (χ1n) is 17.7. The lowest BCUT2D eigenvalue weighted by Crippen LogP contribution is -2.45. The van der Waals surface area contributed by atoms with Gasteiger partial charge in [0.1, 0.15) is 28.6 Å². The molecule has 3 aromatic carbocycles. The van der Waals surface area contributed by atoms with Crippen LogP contribution < -0.4 is 20.7 Å². The van der Waals surface area contributed by atoms with Crippen LogP contribution in [-0.4, -0.2) is 58.8 Å². The first-order valence-corrected chi connectivity index (χ1v) is 17.7. The van der Waals surface area contributed by atoms with E-state index in [2.05, 4.69) is 20.9 Å². The quantitative estimate of drug-likeness (QED) is 0.0586. The molecular weight excluding hydrogens is 692 g/mol. The van der Waals surface area contributed by atoms with E-state index in [0.717, 1.165) is 11.1 Å². The van der Waals surface area contributed by atoms with Crippen LogP contribution in [0.5, 0.6) is 5.75 Å². The van der Waals surface area contributed by atoms with E-state index >= 15 is 0 Å². The van der Waals surface area contributed by atoms with E-state index in [-0.39, 0.29) is 23.9 Å². The van der Waals surface area contributed by atoms with E-state index < -0.39 is 47.0 Å². The van der Waals surface area contributed by atoms with Crippen molar-refractivity contribution in [2.75, 3.05) is 5.32 Å². The average molecular weight is 745 g/mol. The molecule has 3 N–H and O–H groups in total. The van der Waals surface area contributed by atoms with Crippen molar-refractivity contribution in [1.82, 2.24) is 10.6 Å². The number of esters is 2. The fourth-order valence-corrected chi connectivity index (χ4v) is 4.72. The van der Waals surface area contributed by atoms with Crippen molar-refractivity contribution in [1.29, 1.82) is 0 Å². The molecule has 1 atom stereocenters. The number of hydrogen-bond acceptors (Lipinski definition) is 9. The number of guanidine groups is 1. The highest BCUT2D eigenvalue weighted by Crippen LogP contribution is 2.18. The summed E-state index contributed by atoms with van der Waals surface area (Å²) in [5.41, 5.74) is 0.216. The van der Waals surface area contributed by atoms with E-state index in [1.807, 2.05) is 42.5 Å². The summed E-state index contributed by atoms with van der Waals surface area (Å²) in [6, 6.07) is 21.7. The average Bonchev–Trinajstić information content (AvgIpc) is 3.03. The minimum Gasteiger partial charge on any atom is -0.458 e. The van der Waals surface area contributed by atoms with Gasteiger partial charge in [0.2, 0.25) is 11.9 Å². The molecule has 0 spiro atoms. The van der Waals surface area contributed by atoms with Gasteiger partial charge in [0, 0.05) is 18.5 Å². The van der Waals surface area contributed by atoms with Crippen molar-refractivity contribution in [3.8, 4) is 5.75 Å². The zero-order valence-electron chi connectivity index (χ0n) is 32.5. The smallest absolute Gasteiger partial charge is 0.437 e. The van der Waals surface area contributed by atoms with Gasteiger partial charge in [0.05, 0.1) is 5.56 Å². The van der Waals surface area contributed by atoms with Crippen LogP contribution in [0.1, 0.15) is 96.6 Å². The number of carbonyl (C=O) groups is 5. The highest BCUT2D eigenvalue weighted by Gasteiger charge is 2.27. The first kappa shape index (κ1) is 42.7. The molecule has 0 radical (unpaired) electrons. The van der Waals surface area contributed by atoms with Crippen molar-refractivity contribution in [2.45, 2.75) is 111 Å². The largest absolute Gasteiger partial charge is 0.458 e. The molecule has 0 aliphatic heterocycles. The third-order valence-electron chi connectivity index (χ3n) is 6.91. The number of carbonyl (C=O) groups excluding carboxylic acids is 5. The molecule has 0 fully saturated rings. The Morgan fingerprint density at radius 2 is 1.28 bits per heavy atom. The third-order valence-corrected chi connectivity index (χ3v) is 6.91. The molecule has 0 aliphatic carbocycles. The fraction of sp³-hybridized carbons (Fsp3) is 0.415. The Morgan fingerprint density at radius 3 is 1.85 bits per heavy atom. The Bertz CT molecular complexity index is 1770. The number of aliphatic imine (C=N–C) groups is 1. The molecule has 3 aromatic rings. The molecule has 0 aromatic heterocycles. The highest BCUT2D eigenvalue weighted by molar-refractivity contribution is 6.06. The molecule has 0 aliphatic rings. The second kappa shape index (κ2) is 18.9. The highest BCUT2D eigenvalue weighted by atomic mass is 16.6. The van der Waals surface area contributed by atoms with Gasteiger partial charge in [-0.05, 0) is 123 Å². The van der Waals surface area contributed by atoms with Gasteiger partial charge in [-0.3, -0.25) is 10.1 Å². The van der Waals surface area contributed by atoms with Crippen LogP contribution in [0.15, 0.2) is 83.9 Å². The number of nitrogens with zero attached hydrogens (tertiary/aromatic N) is 1. The number of hydrogen-bond donors (Lipinski definition) is 3. The molecule has 3 rings (SSSR count). The van der Waals surface area contributed by atoms with Gasteiger partial charge in [0.15, 0.2) is 0 Å². The molecule has 3 amide bonds. The summed E-state index contributed by atoms with van der Waals surface area (Å²) in [6.45, 7) is 15.5. The molecule has 0 bridgehead atoms. The van der Waals surface area contributed by atoms with Crippen LogP contribution in [0, 0.1) is 0 Å². The Labute approximate surface area is 317 Å². The van der Waals surface area contributed by atoms with Gasteiger partial charge in [-0.1, -0.05) is 42.5 Å². The van der Waals surface area contributed by atoms with Crippen LogP contribution >= 0.6 is 0 Å². The van der Waals surface area contributed by atoms with Gasteiger partial charge < -0.3 is 29.6 Å². The molecule has 13 nitrogen and oxygen atoms in total. The van der Waals surface area contributed by atoms with Gasteiger partial charge in [-0.15, -0.1) is 4.99 Å². The van der Waals surface area contributed by atoms with Crippen molar-refractivity contribution >= 4 is 41.7 Å². The van der Waals surface area contributed by atoms with Crippen molar-refractivity contribution < 1.29 is 42.9 Å². The summed E-state index contributed by atoms with van der Waals surface area (Å²) in [7, 11) is 0. The Balaban J connectivity index is 1.54. The fourth-order valence-electron chi connectivity index (χ4n) is 4.72. The number of amides is 3. The Morgan fingerprint density at radius 1 is 0.685 bits per heavy atom. The van der Waals surface area contributed by atoms with E-state index in [0.29, 0.717) is 30.7 Å². The number of alkyl carbamates (subject to hydrolysis) is 1. The number of nitrogens with one attached hydrogen (secondary N) is 3. The van der Waals surface area contributed by atoms with Crippen LogP contribution in [0.25, 0.3) is 0 Å². The van der Waals surface area contributed by atoms with Crippen LogP contribution in [0.4, 0.5) is 15.3 Å². The number of rotatable bonds is 11. The van der Waals surface area contributed by atoms with Crippen LogP contribution in [0.2, 0.25) is 0 Å². The van der Waals surface area contributed by atoms with E-state index in [1.165, 1.54) is 12.1 Å². The lowest BCUT2D eigenvalue weighted by Gasteiger charge is -2.24. The predicted molar refractivity (Wildman–Crippen MR) is 205 cm³/mol. The SMILES string of the molecule is CC(C)(C)OC(=O)/N=C(/NC(=O)OC(C)(C)C)Nc1ccc(C(=O)Oc2ccc(CCCC(=O)N[C@@H](Cc3ccccc3)C(=O)OC(C)(C)C)cc2)cc1. The number of anilines is 1. The zero-order valence-corrected chi connectivity index (χ0v) is 32.5. The standard InChI is InChI=1S/C41H52N4O9/c1-39(2,3)52-35(48)32(26-28-14-11-10-12-15-28)43-33(46)17-13-16-27-18-24-31(25-19-27)51-34(47)29-20-22-30(23-21-29)42-36(44-37(49)53-40(4,5)6)45-38(50)54-41(7,8)9/h10-12,14-15,18-25,32H,13,16-17,26H2,1-9H3,(H,43,46)(H2,42,44,45,49,50)/t32-/m0/s1. The predicted octanol–water partition coefficient (Wildman–Crippen LogP) is 7.53. The summed E-state index contributed by atoms with van der Waals surface area (Å²) in [4.78, 5) is 67.2. The maximum atomic E-state index is 12.9. The molecule has 0 saturated heterocycles. The molecule has 290 valence electrons. The van der Waals surface area contributed by atoms with E-state index in [1.54, 1.807) is 86.6 Å². The van der Waals surface area contributed by atoms with Crippen LogP contribution in [-0.2, 0) is 36.6 Å². The summed E-state index contributed by atoms with van der Waals surface area (Å²) in [5, 5.41) is 8.08. The Kier molecular flexibility index (Phi) is 14.9. The second-order valence-corrected chi connectivity index (χ2v) is 15.5. The Hall–Kier alpha value is -5.72. The molecule has 0 saturated carbocycles. The van der Waals surface area contributed by atoms with Crippen LogP contribution in [0.3, 0.4) is 0 Å². The van der Waals surface area contributed by atoms with E-state index in [9.17, 15) is 24.0 Å². The van der Waals surface area contributed by atoms with Crippen molar-refractivity contribution in [2.24, 2.45) is 4.99 Å². The molecule has 0 heterocycles. The summed E-state index contributed by atoms with van der Waals surface area (Å²) < 4.78 is 21.6. The normalized spacial score (nSPS) is 12.5. The third kappa shape index (κ3) is 16.7. The summed E-state index contributed by atoms with van der Waals surface area (Å²) in [6.07, 6.45) is -0.107. The monoisotopic (exact) mass is 744 g/mol. The number of benzene rings is 3. The second-order valence-electron chi connectivity index (χ2n) is 15.5. The minimum absolute atomic E-state index is 0.209. The van der Waals surface area contributed by atoms with Gasteiger partial charge in [0.25, 0.3) is 0 Å².